The first kappa shape index (κ1) is 15.0. The first-order valence-corrected chi connectivity index (χ1v) is 7.12. The highest BCUT2D eigenvalue weighted by molar-refractivity contribution is 7.99. The molecular weight excluding hydrogens is 266 g/mol. The van der Waals surface area contributed by atoms with Crippen molar-refractivity contribution < 1.29 is 9.53 Å². The first-order chi connectivity index (χ1) is 8.58. The molecule has 1 rings (SSSR count). The van der Waals surface area contributed by atoms with Gasteiger partial charge in [0.05, 0.1) is 7.11 Å². The average molecular weight is 283 g/mol. The molecule has 0 aliphatic carbocycles. The third kappa shape index (κ3) is 4.31. The van der Waals surface area contributed by atoms with Crippen LogP contribution in [-0.4, -0.2) is 23.3 Å². The zero-order chi connectivity index (χ0) is 13.5. The zero-order valence-corrected chi connectivity index (χ0v) is 12.1. The molecule has 0 aromatic heterocycles. The monoisotopic (exact) mass is 283 g/mol. The van der Waals surface area contributed by atoms with Gasteiger partial charge in [0.15, 0.2) is 0 Å². The third-order valence-electron chi connectivity index (χ3n) is 2.52. The summed E-state index contributed by atoms with van der Waals surface area (Å²) in [6.07, 6.45) is 0.766. The van der Waals surface area contributed by atoms with Gasteiger partial charge in [-0.05, 0) is 12.0 Å². The van der Waals surface area contributed by atoms with Crippen LogP contribution in [0, 0.1) is 0 Å². The number of nitrogens with two attached hydrogens (primary N) is 1. The molecule has 0 heterocycles. The minimum Gasteiger partial charge on any atom is -0.468 e. The van der Waals surface area contributed by atoms with Crippen LogP contribution in [0.1, 0.15) is 24.5 Å². The van der Waals surface area contributed by atoms with E-state index in [9.17, 15) is 4.79 Å². The molecule has 0 aliphatic rings. The normalized spacial score (nSPS) is 11.9. The largest absolute Gasteiger partial charge is 0.468 e. The maximum atomic E-state index is 11.4. The quantitative estimate of drug-likeness (QED) is 0.642. The van der Waals surface area contributed by atoms with Crippen LogP contribution in [0.5, 0.6) is 0 Å². The van der Waals surface area contributed by atoms with Crippen LogP contribution in [0.2, 0.25) is 0 Å². The minimum atomic E-state index is -0.165. The van der Waals surface area contributed by atoms with E-state index in [4.69, 9.17) is 22.7 Å². The highest BCUT2D eigenvalue weighted by Crippen LogP contribution is 2.21. The second kappa shape index (κ2) is 7.38. The molecule has 5 heteroatoms. The van der Waals surface area contributed by atoms with Crippen LogP contribution in [0.25, 0.3) is 0 Å². The van der Waals surface area contributed by atoms with E-state index < -0.39 is 0 Å². The van der Waals surface area contributed by atoms with Crippen molar-refractivity contribution in [1.82, 2.24) is 0 Å². The highest BCUT2D eigenvalue weighted by Gasteiger charge is 2.17. The second-order valence-electron chi connectivity index (χ2n) is 3.79. The Balaban J connectivity index is 2.57. The first-order valence-electron chi connectivity index (χ1n) is 5.66. The maximum absolute atomic E-state index is 11.4. The van der Waals surface area contributed by atoms with Gasteiger partial charge in [-0.25, -0.2) is 0 Å². The van der Waals surface area contributed by atoms with Gasteiger partial charge in [0.1, 0.15) is 10.2 Å². The van der Waals surface area contributed by atoms with Crippen molar-refractivity contribution in [2.45, 2.75) is 24.3 Å². The van der Waals surface area contributed by atoms with Gasteiger partial charge in [-0.2, -0.15) is 0 Å². The van der Waals surface area contributed by atoms with Crippen LogP contribution in [0.4, 0.5) is 0 Å². The van der Waals surface area contributed by atoms with Gasteiger partial charge < -0.3 is 10.5 Å². The molecule has 0 bridgehead atoms. The molecule has 0 radical (unpaired) electrons. The lowest BCUT2D eigenvalue weighted by Gasteiger charge is -2.12. The summed E-state index contributed by atoms with van der Waals surface area (Å²) in [6.45, 7) is 1.98. The lowest BCUT2D eigenvalue weighted by molar-refractivity contribution is -0.140. The molecule has 0 fully saturated rings. The molecule has 1 atom stereocenters. The Morgan fingerprint density at radius 3 is 2.50 bits per heavy atom. The number of carbonyl (C=O) groups excluding carboxylic acids is 1. The summed E-state index contributed by atoms with van der Waals surface area (Å²) < 4.78 is 4.75. The fourth-order valence-electron chi connectivity index (χ4n) is 1.45. The van der Waals surface area contributed by atoms with Gasteiger partial charge in [0.25, 0.3) is 0 Å². The van der Waals surface area contributed by atoms with Gasteiger partial charge in [-0.1, -0.05) is 43.4 Å². The van der Waals surface area contributed by atoms with Crippen molar-refractivity contribution in [3.8, 4) is 0 Å². The Hall–Kier alpha value is -1.07. The van der Waals surface area contributed by atoms with Gasteiger partial charge >= 0.3 is 5.97 Å². The summed E-state index contributed by atoms with van der Waals surface area (Å²) in [4.78, 5) is 11.8. The van der Waals surface area contributed by atoms with Crippen LogP contribution in [0.15, 0.2) is 24.3 Å². The van der Waals surface area contributed by atoms with E-state index in [-0.39, 0.29) is 11.2 Å². The summed E-state index contributed by atoms with van der Waals surface area (Å²) >= 11 is 6.47. The van der Waals surface area contributed by atoms with Crippen LogP contribution in [0.3, 0.4) is 0 Å². The molecule has 1 aromatic rings. The number of ether oxygens (including phenoxy) is 1. The van der Waals surface area contributed by atoms with E-state index in [1.165, 1.54) is 7.11 Å². The molecule has 3 nitrogen and oxygen atoms in total. The van der Waals surface area contributed by atoms with Crippen LogP contribution >= 0.6 is 24.0 Å². The molecule has 0 amide bonds. The summed E-state index contributed by atoms with van der Waals surface area (Å²) in [5, 5.41) is -0.106. The molecule has 0 saturated heterocycles. The van der Waals surface area contributed by atoms with E-state index in [1.807, 2.05) is 31.2 Å². The Morgan fingerprint density at radius 1 is 1.44 bits per heavy atom. The van der Waals surface area contributed by atoms with E-state index in [2.05, 4.69) is 0 Å². The number of hydrogen-bond acceptors (Lipinski definition) is 4. The Labute approximate surface area is 117 Å². The molecule has 0 aliphatic heterocycles. The Bertz CT molecular complexity index is 418. The molecule has 0 spiro atoms. The molecule has 1 unspecified atom stereocenters. The summed E-state index contributed by atoms with van der Waals surface area (Å²) in [6, 6.07) is 7.76. The van der Waals surface area contributed by atoms with Gasteiger partial charge in [0, 0.05) is 11.3 Å². The third-order valence-corrected chi connectivity index (χ3v) is 4.19. The number of carbonyl (C=O) groups is 1. The fourth-order valence-corrected chi connectivity index (χ4v) is 2.64. The molecule has 18 heavy (non-hydrogen) atoms. The lowest BCUT2D eigenvalue weighted by atomic mass is 10.1. The van der Waals surface area contributed by atoms with Gasteiger partial charge in [-0.15, -0.1) is 11.8 Å². The fraction of sp³-hybridized carbons (Fsp3) is 0.385. The highest BCUT2D eigenvalue weighted by atomic mass is 32.2. The van der Waals surface area contributed by atoms with E-state index >= 15 is 0 Å². The van der Waals surface area contributed by atoms with Crippen molar-refractivity contribution >= 4 is 34.9 Å². The van der Waals surface area contributed by atoms with Gasteiger partial charge in [0.2, 0.25) is 0 Å². The van der Waals surface area contributed by atoms with Crippen molar-refractivity contribution in [1.29, 1.82) is 0 Å². The molecular formula is C13H17NO2S2. The summed E-state index contributed by atoms with van der Waals surface area (Å²) in [7, 11) is 1.42. The molecule has 0 saturated carbocycles. The van der Waals surface area contributed by atoms with Crippen molar-refractivity contribution in [2.24, 2.45) is 5.73 Å². The number of esters is 1. The Kier molecular flexibility index (Phi) is 6.15. The number of rotatable bonds is 6. The van der Waals surface area contributed by atoms with Crippen molar-refractivity contribution in [3.05, 3.63) is 35.4 Å². The predicted octanol–water partition coefficient (Wildman–Crippen LogP) is 2.51. The van der Waals surface area contributed by atoms with E-state index in [0.717, 1.165) is 23.3 Å². The van der Waals surface area contributed by atoms with E-state index in [0.29, 0.717) is 4.99 Å². The topological polar surface area (TPSA) is 52.3 Å². The summed E-state index contributed by atoms with van der Waals surface area (Å²) in [5.74, 6) is 0.604. The van der Waals surface area contributed by atoms with E-state index in [1.54, 1.807) is 11.8 Å². The number of thioether (sulfide) groups is 1. The SMILES string of the molecule is CCC(SCc1ccc(C(N)=S)cc1)C(=O)OC. The Morgan fingerprint density at radius 2 is 2.06 bits per heavy atom. The second-order valence-corrected chi connectivity index (χ2v) is 5.42. The summed E-state index contributed by atoms with van der Waals surface area (Å²) in [5.41, 5.74) is 7.53. The predicted molar refractivity (Wildman–Crippen MR) is 79.7 cm³/mol. The molecule has 1 aromatic carbocycles. The smallest absolute Gasteiger partial charge is 0.318 e. The number of hydrogen-bond donors (Lipinski definition) is 1. The number of benzene rings is 1. The minimum absolute atomic E-state index is 0.106. The molecule has 98 valence electrons. The standard InChI is InChI=1S/C13H17NO2S2/c1-3-11(13(15)16-2)18-8-9-4-6-10(7-5-9)12(14)17/h4-7,11H,3,8H2,1-2H3,(H2,14,17). The van der Waals surface area contributed by atoms with Crippen LogP contribution in [-0.2, 0) is 15.3 Å². The maximum Gasteiger partial charge on any atom is 0.318 e. The lowest BCUT2D eigenvalue weighted by Crippen LogP contribution is -2.17. The van der Waals surface area contributed by atoms with Crippen molar-refractivity contribution in [2.75, 3.05) is 7.11 Å². The van der Waals surface area contributed by atoms with Crippen LogP contribution < -0.4 is 5.73 Å². The number of methoxy groups -OCH3 is 1. The zero-order valence-electron chi connectivity index (χ0n) is 10.5. The van der Waals surface area contributed by atoms with Crippen molar-refractivity contribution in [3.63, 3.8) is 0 Å². The molecule has 2 N–H and O–H groups in total. The average Bonchev–Trinajstić information content (AvgIpc) is 2.39. The number of thiocarbonyl (C=S) groups is 1. The van der Waals surface area contributed by atoms with Gasteiger partial charge in [-0.3, -0.25) is 4.79 Å².